The molecule has 0 spiro atoms. The summed E-state index contributed by atoms with van der Waals surface area (Å²) in [7, 11) is -3.31. The fourth-order valence-corrected chi connectivity index (χ4v) is 1.97. The minimum Gasteiger partial charge on any atom is -0.465 e. The van der Waals surface area contributed by atoms with E-state index in [9.17, 15) is 13.2 Å². The average Bonchev–Trinajstić information content (AvgIpc) is 2.02. The summed E-state index contributed by atoms with van der Waals surface area (Å²) in [6, 6.07) is 0. The van der Waals surface area contributed by atoms with Crippen LogP contribution in [0, 0.1) is 0 Å². The third-order valence-corrected chi connectivity index (χ3v) is 4.01. The van der Waals surface area contributed by atoms with E-state index in [0.717, 1.165) is 0 Å². The van der Waals surface area contributed by atoms with Crippen molar-refractivity contribution in [3.63, 3.8) is 0 Å². The predicted octanol–water partition coefficient (Wildman–Crippen LogP) is 0.763. The molecule has 0 aromatic carbocycles. The maximum atomic E-state index is 11.3. The molecule has 13 heavy (non-hydrogen) atoms. The fourth-order valence-electron chi connectivity index (χ4n) is 0.763. The molecule has 0 unspecified atom stereocenters. The van der Waals surface area contributed by atoms with Crippen LogP contribution in [-0.2, 0) is 19.4 Å². The highest BCUT2D eigenvalue weighted by molar-refractivity contribution is 7.92. The van der Waals surface area contributed by atoms with Crippen molar-refractivity contribution in [3.8, 4) is 0 Å². The van der Waals surface area contributed by atoms with E-state index >= 15 is 0 Å². The van der Waals surface area contributed by atoms with Gasteiger partial charge in [0.15, 0.2) is 9.84 Å². The summed E-state index contributed by atoms with van der Waals surface area (Å²) in [5, 5.41) is -0.475. The third kappa shape index (κ3) is 4.26. The molecule has 0 heterocycles. The van der Waals surface area contributed by atoms with E-state index in [1.54, 1.807) is 20.8 Å². The van der Waals surface area contributed by atoms with Gasteiger partial charge in [0.05, 0.1) is 11.9 Å². The maximum absolute atomic E-state index is 11.3. The summed E-state index contributed by atoms with van der Waals surface area (Å²) in [5.41, 5.74) is 0. The second-order valence-corrected chi connectivity index (χ2v) is 5.25. The number of hydrogen-bond acceptors (Lipinski definition) is 4. The summed E-state index contributed by atoms with van der Waals surface area (Å²) in [6.07, 6.45) is 0.516. The predicted molar refractivity (Wildman–Crippen MR) is 50.2 cm³/mol. The number of ether oxygens (including phenoxy) is 1. The molecule has 78 valence electrons. The van der Waals surface area contributed by atoms with Gasteiger partial charge < -0.3 is 4.74 Å². The number of sulfone groups is 1. The fraction of sp³-hybridized carbons (Fsp3) is 0.875. The number of hydrogen-bond donors (Lipinski definition) is 0. The van der Waals surface area contributed by atoms with Crippen molar-refractivity contribution in [1.82, 2.24) is 0 Å². The van der Waals surface area contributed by atoms with Gasteiger partial charge in [-0.1, -0.05) is 6.92 Å². The normalized spacial score (nSPS) is 13.8. The van der Waals surface area contributed by atoms with Gasteiger partial charge in [-0.15, -0.1) is 0 Å². The van der Waals surface area contributed by atoms with Crippen molar-refractivity contribution < 1.29 is 17.9 Å². The first-order valence-electron chi connectivity index (χ1n) is 4.31. The number of esters is 1. The zero-order chi connectivity index (χ0) is 10.5. The lowest BCUT2D eigenvalue weighted by atomic mass is 10.4. The zero-order valence-corrected chi connectivity index (χ0v) is 9.06. The summed E-state index contributed by atoms with van der Waals surface area (Å²) in [5.74, 6) is -1.17. The molecular formula is C8H16O4S. The highest BCUT2D eigenvalue weighted by Gasteiger charge is 2.23. The minimum atomic E-state index is -3.31. The Bertz CT molecular complexity index is 255. The Morgan fingerprint density at radius 2 is 1.92 bits per heavy atom. The van der Waals surface area contributed by atoms with Crippen molar-refractivity contribution >= 4 is 15.8 Å². The van der Waals surface area contributed by atoms with Gasteiger partial charge in [0.2, 0.25) is 0 Å². The first-order chi connectivity index (χ1) is 5.94. The first kappa shape index (κ1) is 12.4. The molecule has 0 aliphatic heterocycles. The molecule has 4 nitrogen and oxygen atoms in total. The molecule has 0 aliphatic carbocycles. The summed E-state index contributed by atoms with van der Waals surface area (Å²) in [4.78, 5) is 10.9. The van der Waals surface area contributed by atoms with Gasteiger partial charge in [0.25, 0.3) is 0 Å². The average molecular weight is 208 g/mol. The van der Waals surface area contributed by atoms with Crippen LogP contribution in [0.2, 0.25) is 0 Å². The van der Waals surface area contributed by atoms with Crippen LogP contribution in [-0.4, -0.2) is 32.0 Å². The number of rotatable bonds is 5. The second-order valence-electron chi connectivity index (χ2n) is 2.83. The molecule has 0 rings (SSSR count). The van der Waals surface area contributed by atoms with Crippen molar-refractivity contribution in [3.05, 3.63) is 0 Å². The molecule has 0 N–H and O–H groups in total. The lowest BCUT2D eigenvalue weighted by Crippen LogP contribution is -2.26. The molecule has 1 atom stereocenters. The van der Waals surface area contributed by atoms with E-state index in [1.165, 1.54) is 0 Å². The van der Waals surface area contributed by atoms with Gasteiger partial charge in [0, 0.05) is 0 Å². The van der Waals surface area contributed by atoms with Crippen LogP contribution in [0.15, 0.2) is 0 Å². The Balaban J connectivity index is 4.26. The van der Waals surface area contributed by atoms with E-state index in [0.29, 0.717) is 6.42 Å². The topological polar surface area (TPSA) is 60.4 Å². The molecule has 0 saturated heterocycles. The Morgan fingerprint density at radius 3 is 2.31 bits per heavy atom. The van der Waals surface area contributed by atoms with Gasteiger partial charge >= 0.3 is 5.97 Å². The van der Waals surface area contributed by atoms with E-state index in [1.807, 2.05) is 0 Å². The summed E-state index contributed by atoms with van der Waals surface area (Å²) in [6.45, 7) is 5.23. The second kappa shape index (κ2) is 5.21. The van der Waals surface area contributed by atoms with Crippen molar-refractivity contribution in [2.75, 3.05) is 12.4 Å². The third-order valence-electron chi connectivity index (χ3n) is 1.81. The molecule has 0 radical (unpaired) electrons. The lowest BCUT2D eigenvalue weighted by Gasteiger charge is -2.09. The van der Waals surface area contributed by atoms with Crippen molar-refractivity contribution in [2.45, 2.75) is 32.4 Å². The van der Waals surface area contributed by atoms with Crippen LogP contribution < -0.4 is 0 Å². The van der Waals surface area contributed by atoms with Gasteiger partial charge in [-0.25, -0.2) is 8.42 Å². The van der Waals surface area contributed by atoms with Crippen LogP contribution in [0.25, 0.3) is 0 Å². The maximum Gasteiger partial charge on any atom is 0.321 e. The van der Waals surface area contributed by atoms with E-state index in [-0.39, 0.29) is 6.61 Å². The van der Waals surface area contributed by atoms with Crippen molar-refractivity contribution in [2.24, 2.45) is 0 Å². The van der Waals surface area contributed by atoms with Crippen LogP contribution >= 0.6 is 0 Å². The van der Waals surface area contributed by atoms with E-state index in [4.69, 9.17) is 0 Å². The summed E-state index contributed by atoms with van der Waals surface area (Å²) < 4.78 is 27.2. The number of carbonyl (C=O) groups excluding carboxylic acids is 1. The first-order valence-corrected chi connectivity index (χ1v) is 6.02. The van der Waals surface area contributed by atoms with Gasteiger partial charge in [-0.3, -0.25) is 4.79 Å². The standard InChI is InChI=1S/C8H16O4S/c1-4-7(3)13(10,11)6-8(9)12-5-2/h7H,4-6H2,1-3H3/t7-/m0/s1. The Morgan fingerprint density at radius 1 is 1.38 bits per heavy atom. The summed E-state index contributed by atoms with van der Waals surface area (Å²) >= 11 is 0. The molecule has 0 bridgehead atoms. The molecule has 0 saturated carbocycles. The van der Waals surface area contributed by atoms with Crippen LogP contribution in [0.5, 0.6) is 0 Å². The molecule has 5 heteroatoms. The van der Waals surface area contributed by atoms with Crippen molar-refractivity contribution in [1.29, 1.82) is 0 Å². The highest BCUT2D eigenvalue weighted by Crippen LogP contribution is 2.06. The molecule has 0 aromatic rings. The van der Waals surface area contributed by atoms with Crippen LogP contribution in [0.4, 0.5) is 0 Å². The largest absolute Gasteiger partial charge is 0.465 e. The van der Waals surface area contributed by atoms with E-state index in [2.05, 4.69) is 4.74 Å². The molecule has 0 aromatic heterocycles. The quantitative estimate of drug-likeness (QED) is 0.626. The highest BCUT2D eigenvalue weighted by atomic mass is 32.2. The molecule has 0 aliphatic rings. The Hall–Kier alpha value is -0.580. The van der Waals surface area contributed by atoms with Gasteiger partial charge in [0.1, 0.15) is 5.75 Å². The molecule has 0 fully saturated rings. The van der Waals surface area contributed by atoms with E-state index < -0.39 is 26.8 Å². The lowest BCUT2D eigenvalue weighted by molar-refractivity contribution is -0.139. The monoisotopic (exact) mass is 208 g/mol. The zero-order valence-electron chi connectivity index (χ0n) is 8.24. The van der Waals surface area contributed by atoms with Gasteiger partial charge in [-0.2, -0.15) is 0 Å². The molecule has 0 amide bonds. The van der Waals surface area contributed by atoms with Gasteiger partial charge in [-0.05, 0) is 20.3 Å². The van der Waals surface area contributed by atoms with Crippen LogP contribution in [0.3, 0.4) is 0 Å². The minimum absolute atomic E-state index is 0.217. The molecular weight excluding hydrogens is 192 g/mol. The smallest absolute Gasteiger partial charge is 0.321 e. The Kier molecular flexibility index (Phi) is 4.98. The Labute approximate surface area is 79.2 Å². The number of carbonyl (C=O) groups is 1. The van der Waals surface area contributed by atoms with Crippen LogP contribution in [0.1, 0.15) is 27.2 Å². The SMILES string of the molecule is CCOC(=O)CS(=O)(=O)[C@@H](C)CC.